The summed E-state index contributed by atoms with van der Waals surface area (Å²) < 4.78 is 5.25. The number of nitrogens with zero attached hydrogens (tertiary/aromatic N) is 3. The molecule has 0 aliphatic heterocycles. The van der Waals surface area contributed by atoms with Crippen LogP contribution < -0.4 is 5.32 Å². The monoisotopic (exact) mass is 210 g/mol. The summed E-state index contributed by atoms with van der Waals surface area (Å²) in [6.07, 6.45) is 2.72. The molecular weight excluding hydrogens is 192 g/mol. The Kier molecular flexibility index (Phi) is 3.33. The molecule has 1 aliphatic rings. The highest BCUT2D eigenvalue weighted by atomic mass is 16.4. The van der Waals surface area contributed by atoms with E-state index in [2.05, 4.69) is 27.5 Å². The van der Waals surface area contributed by atoms with Gasteiger partial charge in [0.1, 0.15) is 0 Å². The van der Waals surface area contributed by atoms with Crippen molar-refractivity contribution in [3.05, 3.63) is 11.8 Å². The van der Waals surface area contributed by atoms with Crippen LogP contribution in [-0.4, -0.2) is 41.3 Å². The normalized spacial score (nSPS) is 16.2. The number of hydrogen-bond acceptors (Lipinski definition) is 5. The van der Waals surface area contributed by atoms with E-state index in [1.54, 1.807) is 6.92 Å². The lowest BCUT2D eigenvalue weighted by Crippen LogP contribution is -2.30. The maximum atomic E-state index is 5.25. The van der Waals surface area contributed by atoms with Crippen molar-refractivity contribution < 1.29 is 4.42 Å². The van der Waals surface area contributed by atoms with Crippen molar-refractivity contribution in [2.75, 3.05) is 20.1 Å². The predicted octanol–water partition coefficient (Wildman–Crippen LogP) is 0.562. The minimum atomic E-state index is 0.627. The van der Waals surface area contributed by atoms with Crippen molar-refractivity contribution in [2.45, 2.75) is 32.4 Å². The highest BCUT2D eigenvalue weighted by molar-refractivity contribution is 4.83. The van der Waals surface area contributed by atoms with E-state index >= 15 is 0 Å². The molecule has 0 bridgehead atoms. The molecule has 1 aliphatic carbocycles. The van der Waals surface area contributed by atoms with Crippen molar-refractivity contribution in [3.8, 4) is 0 Å². The Balaban J connectivity index is 1.58. The van der Waals surface area contributed by atoms with Gasteiger partial charge in [-0.25, -0.2) is 0 Å². The largest absolute Gasteiger partial charge is 0.424 e. The van der Waals surface area contributed by atoms with Crippen LogP contribution in [0.2, 0.25) is 0 Å². The molecule has 1 aromatic heterocycles. The summed E-state index contributed by atoms with van der Waals surface area (Å²) in [6.45, 7) is 4.52. The van der Waals surface area contributed by atoms with Crippen LogP contribution in [0.3, 0.4) is 0 Å². The molecule has 0 spiro atoms. The zero-order valence-electron chi connectivity index (χ0n) is 9.36. The van der Waals surface area contributed by atoms with Crippen LogP contribution in [0, 0.1) is 6.92 Å². The molecule has 0 radical (unpaired) electrons. The van der Waals surface area contributed by atoms with Gasteiger partial charge >= 0.3 is 0 Å². The minimum Gasteiger partial charge on any atom is -0.424 e. The fourth-order valence-electron chi connectivity index (χ4n) is 1.56. The first-order valence-corrected chi connectivity index (χ1v) is 5.45. The van der Waals surface area contributed by atoms with E-state index in [9.17, 15) is 0 Å². The molecule has 2 rings (SSSR count). The van der Waals surface area contributed by atoms with E-state index in [-0.39, 0.29) is 0 Å². The van der Waals surface area contributed by atoms with Crippen molar-refractivity contribution >= 4 is 0 Å². The summed E-state index contributed by atoms with van der Waals surface area (Å²) in [5, 5.41) is 11.0. The molecule has 1 aromatic rings. The third-order valence-corrected chi connectivity index (χ3v) is 2.66. The first kappa shape index (κ1) is 10.6. The van der Waals surface area contributed by atoms with Crippen LogP contribution in [0.25, 0.3) is 0 Å². The zero-order chi connectivity index (χ0) is 10.7. The first-order chi connectivity index (χ1) is 7.25. The molecule has 0 unspecified atom stereocenters. The van der Waals surface area contributed by atoms with Gasteiger partial charge in [0.05, 0.1) is 6.54 Å². The Bertz CT molecular complexity index is 308. The fraction of sp³-hybridized carbons (Fsp3) is 0.800. The average Bonchev–Trinajstić information content (AvgIpc) is 2.98. The molecule has 5 nitrogen and oxygen atoms in total. The second-order valence-electron chi connectivity index (χ2n) is 4.10. The van der Waals surface area contributed by atoms with E-state index in [1.165, 1.54) is 12.8 Å². The van der Waals surface area contributed by atoms with Gasteiger partial charge in [-0.2, -0.15) is 0 Å². The zero-order valence-corrected chi connectivity index (χ0v) is 9.36. The Morgan fingerprint density at radius 1 is 1.47 bits per heavy atom. The molecule has 15 heavy (non-hydrogen) atoms. The molecule has 1 heterocycles. The Labute approximate surface area is 89.9 Å². The summed E-state index contributed by atoms with van der Waals surface area (Å²) in [7, 11) is 2.18. The highest BCUT2D eigenvalue weighted by Gasteiger charge is 2.25. The summed E-state index contributed by atoms with van der Waals surface area (Å²) in [5.74, 6) is 1.29. The number of aromatic nitrogens is 2. The smallest absolute Gasteiger partial charge is 0.230 e. The molecule has 0 amide bonds. The maximum absolute atomic E-state index is 5.25. The van der Waals surface area contributed by atoms with Crippen LogP contribution in [0.5, 0.6) is 0 Å². The number of nitrogens with one attached hydrogen (secondary N) is 1. The lowest BCUT2D eigenvalue weighted by atomic mass is 10.5. The highest BCUT2D eigenvalue weighted by Crippen LogP contribution is 2.24. The molecule has 1 fully saturated rings. The van der Waals surface area contributed by atoms with Crippen molar-refractivity contribution in [1.29, 1.82) is 0 Å². The van der Waals surface area contributed by atoms with Gasteiger partial charge in [0, 0.05) is 26.1 Å². The standard InChI is InChI=1S/C10H18N4O/c1-8-12-13-10(15-8)7-11-5-6-14(2)9-3-4-9/h9,11H,3-7H2,1-2H3. The summed E-state index contributed by atoms with van der Waals surface area (Å²) >= 11 is 0. The van der Waals surface area contributed by atoms with E-state index in [4.69, 9.17) is 4.42 Å². The van der Waals surface area contributed by atoms with Gasteiger partial charge in [0.25, 0.3) is 0 Å². The second kappa shape index (κ2) is 4.72. The van der Waals surface area contributed by atoms with Crippen molar-refractivity contribution in [1.82, 2.24) is 20.4 Å². The predicted molar refractivity (Wildman–Crippen MR) is 56.4 cm³/mol. The van der Waals surface area contributed by atoms with E-state index in [0.29, 0.717) is 18.3 Å². The van der Waals surface area contributed by atoms with Gasteiger partial charge in [0.15, 0.2) is 0 Å². The van der Waals surface area contributed by atoms with Gasteiger partial charge in [-0.15, -0.1) is 10.2 Å². The molecule has 1 saturated carbocycles. The Morgan fingerprint density at radius 2 is 2.27 bits per heavy atom. The molecule has 1 N–H and O–H groups in total. The van der Waals surface area contributed by atoms with Crippen molar-refractivity contribution in [3.63, 3.8) is 0 Å². The number of likely N-dealkylation sites (N-methyl/N-ethyl adjacent to an activating group) is 1. The SMILES string of the molecule is Cc1nnc(CNCCN(C)C2CC2)o1. The third-order valence-electron chi connectivity index (χ3n) is 2.66. The minimum absolute atomic E-state index is 0.627. The van der Waals surface area contributed by atoms with Crippen LogP contribution in [0.15, 0.2) is 4.42 Å². The number of hydrogen-bond donors (Lipinski definition) is 1. The summed E-state index contributed by atoms with van der Waals surface area (Å²) in [5.41, 5.74) is 0. The molecule has 0 atom stereocenters. The Morgan fingerprint density at radius 3 is 2.87 bits per heavy atom. The van der Waals surface area contributed by atoms with Crippen LogP contribution >= 0.6 is 0 Å². The van der Waals surface area contributed by atoms with Gasteiger partial charge in [-0.3, -0.25) is 0 Å². The van der Waals surface area contributed by atoms with Gasteiger partial charge < -0.3 is 14.6 Å². The molecule has 0 aromatic carbocycles. The van der Waals surface area contributed by atoms with Crippen LogP contribution in [-0.2, 0) is 6.54 Å². The molecular formula is C10H18N4O. The summed E-state index contributed by atoms with van der Waals surface area (Å²) in [6, 6.07) is 0.831. The van der Waals surface area contributed by atoms with E-state index in [1.807, 2.05) is 0 Å². The van der Waals surface area contributed by atoms with Crippen molar-refractivity contribution in [2.24, 2.45) is 0 Å². The third kappa shape index (κ3) is 3.28. The second-order valence-corrected chi connectivity index (χ2v) is 4.10. The van der Waals surface area contributed by atoms with Gasteiger partial charge in [0.2, 0.25) is 11.8 Å². The first-order valence-electron chi connectivity index (χ1n) is 5.45. The van der Waals surface area contributed by atoms with Crippen LogP contribution in [0.4, 0.5) is 0 Å². The van der Waals surface area contributed by atoms with Crippen LogP contribution in [0.1, 0.15) is 24.6 Å². The average molecular weight is 210 g/mol. The molecule has 0 saturated heterocycles. The van der Waals surface area contributed by atoms with Gasteiger partial charge in [-0.1, -0.05) is 0 Å². The fourth-order valence-corrected chi connectivity index (χ4v) is 1.56. The molecule has 5 heteroatoms. The summed E-state index contributed by atoms with van der Waals surface area (Å²) in [4.78, 5) is 2.39. The quantitative estimate of drug-likeness (QED) is 0.695. The maximum Gasteiger partial charge on any atom is 0.230 e. The lowest BCUT2D eigenvalue weighted by Gasteiger charge is -2.14. The molecule has 84 valence electrons. The number of aryl methyl sites for hydroxylation is 1. The Hall–Kier alpha value is -0.940. The van der Waals surface area contributed by atoms with E-state index in [0.717, 1.165) is 19.1 Å². The lowest BCUT2D eigenvalue weighted by molar-refractivity contribution is 0.318. The van der Waals surface area contributed by atoms with Gasteiger partial charge in [-0.05, 0) is 19.9 Å². The topological polar surface area (TPSA) is 54.2 Å². The van der Waals surface area contributed by atoms with E-state index < -0.39 is 0 Å². The number of rotatable bonds is 6.